The highest BCUT2D eigenvalue weighted by Gasteiger charge is 2.23. The average molecular weight is 362 g/mol. The Bertz CT molecular complexity index is 708. The van der Waals surface area contributed by atoms with Crippen LogP contribution in [0.15, 0.2) is 29.6 Å². The number of carbonyl (C=O) groups excluding carboxylic acids is 1. The summed E-state index contributed by atoms with van der Waals surface area (Å²) < 4.78 is 5.65. The first-order chi connectivity index (χ1) is 11.7. The molecule has 0 saturated carbocycles. The maximum absolute atomic E-state index is 12.6. The number of hydrogen-bond donors (Lipinski definition) is 1. The Hall–Kier alpha value is -1.92. The van der Waals surface area contributed by atoms with Gasteiger partial charge in [-0.1, -0.05) is 13.8 Å². The largest absolute Gasteiger partial charge is 0.491 e. The molecule has 0 aliphatic heterocycles. The quantitative estimate of drug-likeness (QED) is 0.817. The van der Waals surface area contributed by atoms with E-state index >= 15 is 0 Å². The molecule has 1 aromatic carbocycles. The Labute approximate surface area is 153 Å². The van der Waals surface area contributed by atoms with E-state index in [1.165, 1.54) is 11.3 Å². The summed E-state index contributed by atoms with van der Waals surface area (Å²) in [6.45, 7) is 9.20. The summed E-state index contributed by atoms with van der Waals surface area (Å²) in [6, 6.07) is 7.78. The Kier molecular flexibility index (Phi) is 6.19. The number of hydrogen-bond acceptors (Lipinski definition) is 5. The molecule has 0 unspecified atom stereocenters. The van der Waals surface area contributed by atoms with Crippen LogP contribution >= 0.6 is 11.3 Å². The van der Waals surface area contributed by atoms with Gasteiger partial charge in [0.15, 0.2) is 0 Å². The van der Waals surface area contributed by atoms with Gasteiger partial charge in [0.05, 0.1) is 6.10 Å². The molecule has 6 heteroatoms. The Morgan fingerprint density at radius 3 is 2.52 bits per heavy atom. The van der Waals surface area contributed by atoms with E-state index in [0.717, 1.165) is 16.3 Å². The van der Waals surface area contributed by atoms with Gasteiger partial charge in [-0.3, -0.25) is 4.79 Å². The second-order valence-corrected chi connectivity index (χ2v) is 8.12. The zero-order valence-electron chi connectivity index (χ0n) is 15.6. The molecule has 1 aromatic heterocycles. The fourth-order valence-corrected chi connectivity index (χ4v) is 3.23. The van der Waals surface area contributed by atoms with Crippen molar-refractivity contribution in [3.63, 3.8) is 0 Å². The lowest BCUT2D eigenvalue weighted by molar-refractivity contribution is 0.0735. The van der Waals surface area contributed by atoms with Gasteiger partial charge < -0.3 is 15.4 Å². The lowest BCUT2D eigenvalue weighted by Gasteiger charge is -2.28. The first-order valence-electron chi connectivity index (χ1n) is 8.40. The number of rotatable bonds is 7. The Balaban J connectivity index is 2.10. The molecule has 5 nitrogen and oxygen atoms in total. The zero-order chi connectivity index (χ0) is 18.6. The summed E-state index contributed by atoms with van der Waals surface area (Å²) in [7, 11) is 1.79. The number of thiazole rings is 1. The predicted octanol–water partition coefficient (Wildman–Crippen LogP) is 3.65. The second kappa shape index (κ2) is 7.97. The minimum Gasteiger partial charge on any atom is -0.491 e. The highest BCUT2D eigenvalue weighted by Crippen LogP contribution is 2.27. The van der Waals surface area contributed by atoms with Gasteiger partial charge in [0.2, 0.25) is 0 Å². The summed E-state index contributed by atoms with van der Waals surface area (Å²) in [5, 5.41) is 2.63. The van der Waals surface area contributed by atoms with Gasteiger partial charge in [-0.15, -0.1) is 11.3 Å². The normalized spacial score (nSPS) is 11.6. The van der Waals surface area contributed by atoms with E-state index in [9.17, 15) is 4.79 Å². The van der Waals surface area contributed by atoms with Gasteiger partial charge in [0, 0.05) is 24.5 Å². The second-order valence-electron chi connectivity index (χ2n) is 7.26. The molecule has 2 N–H and O–H groups in total. The van der Waals surface area contributed by atoms with Crippen LogP contribution in [0.1, 0.15) is 38.2 Å². The molecule has 0 bridgehead atoms. The highest BCUT2D eigenvalue weighted by molar-refractivity contribution is 7.13. The van der Waals surface area contributed by atoms with E-state index in [1.807, 2.05) is 57.3 Å². The van der Waals surface area contributed by atoms with Gasteiger partial charge in [0.25, 0.3) is 5.91 Å². The van der Waals surface area contributed by atoms with Crippen molar-refractivity contribution in [2.24, 2.45) is 11.1 Å². The van der Waals surface area contributed by atoms with Crippen LogP contribution in [-0.2, 0) is 0 Å². The molecule has 0 aliphatic carbocycles. The van der Waals surface area contributed by atoms with Crippen molar-refractivity contribution in [2.45, 2.75) is 33.8 Å². The molecule has 0 spiro atoms. The van der Waals surface area contributed by atoms with E-state index in [-0.39, 0.29) is 17.4 Å². The first kappa shape index (κ1) is 19.4. The Morgan fingerprint density at radius 2 is 1.96 bits per heavy atom. The van der Waals surface area contributed by atoms with E-state index in [2.05, 4.69) is 4.98 Å². The smallest absolute Gasteiger partial charge is 0.273 e. The van der Waals surface area contributed by atoms with Crippen molar-refractivity contribution < 1.29 is 9.53 Å². The summed E-state index contributed by atoms with van der Waals surface area (Å²) in [6.07, 6.45) is 0.142. The molecule has 0 saturated heterocycles. The van der Waals surface area contributed by atoms with Crippen molar-refractivity contribution in [1.82, 2.24) is 9.88 Å². The van der Waals surface area contributed by atoms with Crippen LogP contribution < -0.4 is 10.5 Å². The molecule has 0 fully saturated rings. The number of benzene rings is 1. The molecule has 2 aromatic rings. The molecule has 2 rings (SSSR count). The number of aromatic nitrogens is 1. The molecule has 25 heavy (non-hydrogen) atoms. The van der Waals surface area contributed by atoms with Crippen molar-refractivity contribution in [2.75, 3.05) is 20.1 Å². The molecule has 0 atom stereocenters. The summed E-state index contributed by atoms with van der Waals surface area (Å²) in [5.41, 5.74) is 7.09. The van der Waals surface area contributed by atoms with Crippen LogP contribution in [0.2, 0.25) is 0 Å². The molecular weight excluding hydrogens is 334 g/mol. The fraction of sp³-hybridized carbons (Fsp3) is 0.474. The third kappa shape index (κ3) is 5.28. The van der Waals surface area contributed by atoms with Crippen LogP contribution in [0, 0.1) is 5.41 Å². The van der Waals surface area contributed by atoms with Crippen molar-refractivity contribution in [1.29, 1.82) is 0 Å². The topological polar surface area (TPSA) is 68.5 Å². The molecule has 136 valence electrons. The van der Waals surface area contributed by atoms with E-state index in [0.29, 0.717) is 18.8 Å². The number of nitrogens with zero attached hydrogens (tertiary/aromatic N) is 2. The molecular formula is C19H27N3O2S. The predicted molar refractivity (Wildman–Crippen MR) is 103 cm³/mol. The number of carbonyl (C=O) groups is 1. The lowest BCUT2D eigenvalue weighted by Crippen LogP contribution is -2.39. The van der Waals surface area contributed by atoms with Crippen LogP contribution in [0.5, 0.6) is 5.75 Å². The minimum atomic E-state index is -0.116. The first-order valence-corrected chi connectivity index (χ1v) is 9.28. The minimum absolute atomic E-state index is 0.0798. The SMILES string of the molecule is CC(C)Oc1ccc(-c2nc(C(=O)N(C)CC(C)(C)CN)cs2)cc1. The van der Waals surface area contributed by atoms with Crippen LogP contribution in [0.3, 0.4) is 0 Å². The molecule has 1 heterocycles. The van der Waals surface area contributed by atoms with Crippen molar-refractivity contribution in [3.05, 3.63) is 35.3 Å². The van der Waals surface area contributed by atoms with Gasteiger partial charge >= 0.3 is 0 Å². The summed E-state index contributed by atoms with van der Waals surface area (Å²) in [4.78, 5) is 18.8. The Morgan fingerprint density at radius 1 is 1.32 bits per heavy atom. The van der Waals surface area contributed by atoms with Gasteiger partial charge in [-0.2, -0.15) is 0 Å². The van der Waals surface area contributed by atoms with Gasteiger partial charge in [0.1, 0.15) is 16.5 Å². The fourth-order valence-electron chi connectivity index (χ4n) is 2.43. The van der Waals surface area contributed by atoms with Gasteiger partial charge in [-0.05, 0) is 50.1 Å². The third-order valence-electron chi connectivity index (χ3n) is 3.76. The highest BCUT2D eigenvalue weighted by atomic mass is 32.1. The summed E-state index contributed by atoms with van der Waals surface area (Å²) in [5.74, 6) is 0.749. The molecule has 0 radical (unpaired) electrons. The zero-order valence-corrected chi connectivity index (χ0v) is 16.4. The molecule has 1 amide bonds. The van der Waals surface area contributed by atoms with Crippen molar-refractivity contribution in [3.8, 4) is 16.3 Å². The number of amides is 1. The number of nitrogens with two attached hydrogens (primary N) is 1. The monoisotopic (exact) mass is 361 g/mol. The molecule has 0 aliphatic rings. The summed E-state index contributed by atoms with van der Waals surface area (Å²) >= 11 is 1.47. The van der Waals surface area contributed by atoms with Crippen molar-refractivity contribution >= 4 is 17.2 Å². The number of ether oxygens (including phenoxy) is 1. The van der Waals surface area contributed by atoms with E-state index in [1.54, 1.807) is 11.9 Å². The lowest BCUT2D eigenvalue weighted by atomic mass is 9.93. The third-order valence-corrected chi connectivity index (χ3v) is 4.65. The van der Waals surface area contributed by atoms with Crippen LogP contribution in [0.25, 0.3) is 10.6 Å². The van der Waals surface area contributed by atoms with Crippen LogP contribution in [0.4, 0.5) is 0 Å². The standard InChI is InChI=1S/C19H27N3O2S/c1-13(2)24-15-8-6-14(7-9-15)17-21-16(10-25-17)18(23)22(5)12-19(3,4)11-20/h6-10,13H,11-12,20H2,1-5H3. The van der Waals surface area contributed by atoms with E-state index in [4.69, 9.17) is 10.5 Å². The maximum atomic E-state index is 12.6. The van der Waals surface area contributed by atoms with Crippen LogP contribution in [-0.4, -0.2) is 42.0 Å². The van der Waals surface area contributed by atoms with E-state index < -0.39 is 0 Å². The van der Waals surface area contributed by atoms with Gasteiger partial charge in [-0.25, -0.2) is 4.98 Å². The average Bonchev–Trinajstić information content (AvgIpc) is 3.03. The maximum Gasteiger partial charge on any atom is 0.273 e.